The van der Waals surface area contributed by atoms with E-state index in [2.05, 4.69) is 5.32 Å². The van der Waals surface area contributed by atoms with Crippen molar-refractivity contribution in [3.8, 4) is 5.75 Å². The molecule has 4 rings (SSSR count). The Kier molecular flexibility index (Phi) is 2.59. The predicted octanol–water partition coefficient (Wildman–Crippen LogP) is 2.97. The molecule has 2 nitrogen and oxygen atoms in total. The molecule has 0 aliphatic heterocycles. The summed E-state index contributed by atoms with van der Waals surface area (Å²) in [6.45, 7) is 0.776. The molecule has 3 saturated carbocycles. The highest BCUT2D eigenvalue weighted by atomic mass is 19.1. The smallest absolute Gasteiger partial charge is 0.165 e. The van der Waals surface area contributed by atoms with E-state index in [4.69, 9.17) is 4.74 Å². The van der Waals surface area contributed by atoms with E-state index in [9.17, 15) is 4.39 Å². The van der Waals surface area contributed by atoms with E-state index in [0.29, 0.717) is 11.8 Å². The Balaban J connectivity index is 1.37. The van der Waals surface area contributed by atoms with Gasteiger partial charge < -0.3 is 10.1 Å². The molecule has 3 heteroatoms. The molecular weight excluding hydrogens is 241 g/mol. The van der Waals surface area contributed by atoms with Crippen molar-refractivity contribution in [2.24, 2.45) is 23.7 Å². The quantitative estimate of drug-likeness (QED) is 0.899. The van der Waals surface area contributed by atoms with Crippen molar-refractivity contribution < 1.29 is 9.13 Å². The summed E-state index contributed by atoms with van der Waals surface area (Å²) in [5.74, 6) is 3.90. The van der Waals surface area contributed by atoms with Gasteiger partial charge in [-0.15, -0.1) is 0 Å². The lowest BCUT2D eigenvalue weighted by Crippen LogP contribution is -2.22. The van der Waals surface area contributed by atoms with Crippen molar-refractivity contribution in [3.63, 3.8) is 0 Å². The molecule has 19 heavy (non-hydrogen) atoms. The van der Waals surface area contributed by atoms with E-state index >= 15 is 0 Å². The minimum absolute atomic E-state index is 0.266. The van der Waals surface area contributed by atoms with E-state index in [1.54, 1.807) is 12.1 Å². The highest BCUT2D eigenvalue weighted by Crippen LogP contribution is 2.65. The van der Waals surface area contributed by atoms with Crippen LogP contribution in [-0.4, -0.2) is 13.2 Å². The molecule has 1 aromatic carbocycles. The van der Waals surface area contributed by atoms with Crippen LogP contribution in [0.15, 0.2) is 18.2 Å². The van der Waals surface area contributed by atoms with Gasteiger partial charge in [-0.2, -0.15) is 0 Å². The lowest BCUT2D eigenvalue weighted by molar-refractivity contribution is 0.386. The topological polar surface area (TPSA) is 21.3 Å². The Morgan fingerprint density at radius 3 is 2.63 bits per heavy atom. The number of halogens is 1. The monoisotopic (exact) mass is 261 g/mol. The number of hydrogen-bond acceptors (Lipinski definition) is 2. The third kappa shape index (κ3) is 1.78. The molecule has 0 saturated heterocycles. The summed E-state index contributed by atoms with van der Waals surface area (Å²) in [6.07, 6.45) is 4.37. The molecule has 0 aromatic heterocycles. The highest BCUT2D eigenvalue weighted by molar-refractivity contribution is 5.29. The normalized spacial score (nSPS) is 38.3. The highest BCUT2D eigenvalue weighted by Gasteiger charge is 2.64. The number of hydrogen-bond donors (Lipinski definition) is 1. The van der Waals surface area contributed by atoms with Crippen LogP contribution in [0.1, 0.15) is 24.8 Å². The average Bonchev–Trinajstić information content (AvgIpc) is 2.80. The largest absolute Gasteiger partial charge is 0.494 e. The van der Waals surface area contributed by atoms with Gasteiger partial charge in [0, 0.05) is 12.6 Å². The predicted molar refractivity (Wildman–Crippen MR) is 71.4 cm³/mol. The maximum absolute atomic E-state index is 13.6. The second-order valence-corrected chi connectivity index (χ2v) is 6.36. The minimum atomic E-state index is -0.266. The third-order valence-electron chi connectivity index (χ3n) is 5.49. The van der Waals surface area contributed by atoms with Gasteiger partial charge in [-0.05, 0) is 60.6 Å². The van der Waals surface area contributed by atoms with Crippen LogP contribution in [0.3, 0.4) is 0 Å². The molecule has 0 amide bonds. The van der Waals surface area contributed by atoms with Crippen LogP contribution in [0.5, 0.6) is 5.75 Å². The van der Waals surface area contributed by atoms with Crippen molar-refractivity contribution >= 4 is 0 Å². The van der Waals surface area contributed by atoms with Gasteiger partial charge in [0.2, 0.25) is 0 Å². The van der Waals surface area contributed by atoms with Crippen LogP contribution in [-0.2, 0) is 6.54 Å². The van der Waals surface area contributed by atoms with Crippen LogP contribution in [0, 0.1) is 29.5 Å². The van der Waals surface area contributed by atoms with Crippen LogP contribution in [0.2, 0.25) is 0 Å². The van der Waals surface area contributed by atoms with E-state index < -0.39 is 0 Å². The van der Waals surface area contributed by atoms with Crippen LogP contribution in [0.4, 0.5) is 4.39 Å². The standard InChI is InChI=1S/C16H20FNO/c1-19-13-5-2-9(6-12(13)17)8-18-16-14-10-3-4-11(7-10)15(14)16/h2,5-6,10-11,14-16,18H,3-4,7-8H2,1H3. The second-order valence-electron chi connectivity index (χ2n) is 6.36. The fourth-order valence-corrected chi connectivity index (χ4v) is 4.65. The lowest BCUT2D eigenvalue weighted by atomic mass is 10.0. The Bertz CT molecular complexity index is 488. The molecule has 0 radical (unpaired) electrons. The summed E-state index contributed by atoms with van der Waals surface area (Å²) >= 11 is 0. The van der Waals surface area contributed by atoms with Crippen molar-refractivity contribution in [2.75, 3.05) is 7.11 Å². The molecule has 4 atom stereocenters. The SMILES string of the molecule is COc1ccc(CNC2C3C4CCC(C4)C23)cc1F. The summed E-state index contributed by atoms with van der Waals surface area (Å²) in [5.41, 5.74) is 1.01. The molecule has 3 aliphatic rings. The summed E-state index contributed by atoms with van der Waals surface area (Å²) in [7, 11) is 1.50. The maximum Gasteiger partial charge on any atom is 0.165 e. The number of fused-ring (bicyclic) bond motifs is 5. The molecular formula is C16H20FNO. The summed E-state index contributed by atoms with van der Waals surface area (Å²) in [5, 5.41) is 3.63. The summed E-state index contributed by atoms with van der Waals surface area (Å²) in [6, 6.07) is 5.95. The molecule has 1 N–H and O–H groups in total. The van der Waals surface area contributed by atoms with Crippen molar-refractivity contribution in [2.45, 2.75) is 31.8 Å². The zero-order chi connectivity index (χ0) is 13.0. The molecule has 3 fully saturated rings. The number of rotatable bonds is 4. The van der Waals surface area contributed by atoms with Gasteiger partial charge in [0.15, 0.2) is 11.6 Å². The molecule has 102 valence electrons. The lowest BCUT2D eigenvalue weighted by Gasteiger charge is -2.11. The Hall–Kier alpha value is -1.09. The van der Waals surface area contributed by atoms with Crippen molar-refractivity contribution in [3.05, 3.63) is 29.6 Å². The molecule has 0 spiro atoms. The first-order chi connectivity index (χ1) is 9.28. The van der Waals surface area contributed by atoms with Crippen LogP contribution < -0.4 is 10.1 Å². The second kappa shape index (κ2) is 4.20. The van der Waals surface area contributed by atoms with Gasteiger partial charge >= 0.3 is 0 Å². The maximum atomic E-state index is 13.6. The van der Waals surface area contributed by atoms with E-state index in [1.807, 2.05) is 6.07 Å². The first-order valence-corrected chi connectivity index (χ1v) is 7.33. The van der Waals surface area contributed by atoms with Gasteiger partial charge in [0.1, 0.15) is 0 Å². The number of ether oxygens (including phenoxy) is 1. The van der Waals surface area contributed by atoms with E-state index in [0.717, 1.165) is 35.8 Å². The minimum Gasteiger partial charge on any atom is -0.494 e. The fraction of sp³-hybridized carbons (Fsp3) is 0.625. The van der Waals surface area contributed by atoms with Crippen LogP contribution >= 0.6 is 0 Å². The van der Waals surface area contributed by atoms with Crippen molar-refractivity contribution in [1.29, 1.82) is 0 Å². The van der Waals surface area contributed by atoms with Crippen molar-refractivity contribution in [1.82, 2.24) is 5.32 Å². The fourth-order valence-electron chi connectivity index (χ4n) is 4.65. The number of methoxy groups -OCH3 is 1. The van der Waals surface area contributed by atoms with Gasteiger partial charge in [-0.3, -0.25) is 0 Å². The molecule has 0 heterocycles. The van der Waals surface area contributed by atoms with E-state index in [1.165, 1.54) is 26.4 Å². The number of nitrogens with one attached hydrogen (secondary N) is 1. The molecule has 4 unspecified atom stereocenters. The molecule has 3 aliphatic carbocycles. The van der Waals surface area contributed by atoms with Crippen LogP contribution in [0.25, 0.3) is 0 Å². The Morgan fingerprint density at radius 2 is 2.00 bits per heavy atom. The van der Waals surface area contributed by atoms with Gasteiger partial charge in [-0.25, -0.2) is 4.39 Å². The first kappa shape index (κ1) is 11.7. The zero-order valence-corrected chi connectivity index (χ0v) is 11.2. The zero-order valence-electron chi connectivity index (χ0n) is 11.2. The molecule has 2 bridgehead atoms. The average molecular weight is 261 g/mol. The molecule has 1 aromatic rings. The third-order valence-corrected chi connectivity index (χ3v) is 5.49. The van der Waals surface area contributed by atoms with Gasteiger partial charge in [0.25, 0.3) is 0 Å². The first-order valence-electron chi connectivity index (χ1n) is 7.33. The Morgan fingerprint density at radius 1 is 1.26 bits per heavy atom. The summed E-state index contributed by atoms with van der Waals surface area (Å²) < 4.78 is 18.5. The van der Waals surface area contributed by atoms with E-state index in [-0.39, 0.29) is 5.82 Å². The Labute approximate surface area is 113 Å². The summed E-state index contributed by atoms with van der Waals surface area (Å²) in [4.78, 5) is 0. The number of benzene rings is 1. The van der Waals surface area contributed by atoms with Gasteiger partial charge in [0.05, 0.1) is 7.11 Å². The van der Waals surface area contributed by atoms with Gasteiger partial charge in [-0.1, -0.05) is 6.07 Å².